The average molecular weight is 417 g/mol. The molecule has 8 nitrogen and oxygen atoms in total. The number of H-pyrrole nitrogens is 1. The van der Waals surface area contributed by atoms with Crippen molar-refractivity contribution in [1.82, 2.24) is 19.7 Å². The van der Waals surface area contributed by atoms with E-state index in [9.17, 15) is 9.59 Å². The third kappa shape index (κ3) is 3.11. The number of furan rings is 1. The molecule has 0 spiro atoms. The van der Waals surface area contributed by atoms with Crippen LogP contribution in [-0.4, -0.2) is 31.4 Å². The van der Waals surface area contributed by atoms with Crippen LogP contribution in [0, 0.1) is 6.92 Å². The summed E-state index contributed by atoms with van der Waals surface area (Å²) in [4.78, 5) is 33.0. The molecule has 0 saturated heterocycles. The molecule has 9 heteroatoms. The van der Waals surface area contributed by atoms with Gasteiger partial charge in [0.1, 0.15) is 11.5 Å². The molecule has 0 bridgehead atoms. The summed E-state index contributed by atoms with van der Waals surface area (Å²) < 4.78 is 6.88. The standard InChI is InChI=1S/C21H15N5O3S/c1-12-9-18(26(25-12)21-23-16(11-30-21)17-7-4-8-29-17)24-20(28)19(27)14-10-22-15-6-3-2-5-13(14)15/h2-11,22H,1H3,(H,24,28). The topological polar surface area (TPSA) is 106 Å². The molecule has 2 N–H and O–H groups in total. The van der Waals surface area contributed by atoms with E-state index in [2.05, 4.69) is 20.4 Å². The van der Waals surface area contributed by atoms with Crippen molar-refractivity contribution in [3.63, 3.8) is 0 Å². The number of carbonyl (C=O) groups excluding carboxylic acids is 2. The number of hydrogen-bond acceptors (Lipinski definition) is 6. The molecular weight excluding hydrogens is 402 g/mol. The molecule has 0 unspecified atom stereocenters. The van der Waals surface area contributed by atoms with Crippen LogP contribution in [0.5, 0.6) is 0 Å². The van der Waals surface area contributed by atoms with Gasteiger partial charge in [0.15, 0.2) is 5.76 Å². The third-order valence-electron chi connectivity index (χ3n) is 4.56. The smallest absolute Gasteiger partial charge is 0.298 e. The number of fused-ring (bicyclic) bond motifs is 1. The maximum absolute atomic E-state index is 12.8. The van der Waals surface area contributed by atoms with Gasteiger partial charge in [0.05, 0.1) is 17.5 Å². The lowest BCUT2D eigenvalue weighted by Crippen LogP contribution is -2.24. The SMILES string of the molecule is Cc1cc(NC(=O)C(=O)c2c[nH]c3ccccc23)n(-c2nc(-c3ccco3)cs2)n1. The van der Waals surface area contributed by atoms with E-state index in [0.29, 0.717) is 39.0 Å². The zero-order chi connectivity index (χ0) is 20.7. The highest BCUT2D eigenvalue weighted by Crippen LogP contribution is 2.27. The summed E-state index contributed by atoms with van der Waals surface area (Å²) in [6.45, 7) is 1.80. The highest BCUT2D eigenvalue weighted by Gasteiger charge is 2.22. The minimum atomic E-state index is -0.747. The minimum Gasteiger partial charge on any atom is -0.463 e. The lowest BCUT2D eigenvalue weighted by molar-refractivity contribution is -0.112. The fourth-order valence-electron chi connectivity index (χ4n) is 3.19. The Hall–Kier alpha value is -3.98. The van der Waals surface area contributed by atoms with Crippen molar-refractivity contribution in [2.75, 3.05) is 5.32 Å². The van der Waals surface area contributed by atoms with Gasteiger partial charge >= 0.3 is 0 Å². The van der Waals surface area contributed by atoms with Gasteiger partial charge in [-0.25, -0.2) is 4.98 Å². The maximum Gasteiger partial charge on any atom is 0.298 e. The number of carbonyl (C=O) groups is 2. The van der Waals surface area contributed by atoms with E-state index < -0.39 is 11.7 Å². The van der Waals surface area contributed by atoms with Gasteiger partial charge in [-0.2, -0.15) is 9.78 Å². The first-order valence-electron chi connectivity index (χ1n) is 9.08. The summed E-state index contributed by atoms with van der Waals surface area (Å²) >= 11 is 1.35. The largest absolute Gasteiger partial charge is 0.463 e. The summed E-state index contributed by atoms with van der Waals surface area (Å²) in [5.41, 5.74) is 2.46. The van der Waals surface area contributed by atoms with Crippen LogP contribution < -0.4 is 5.32 Å². The lowest BCUT2D eigenvalue weighted by atomic mass is 10.1. The fraction of sp³-hybridized carbons (Fsp3) is 0.0476. The molecule has 0 atom stereocenters. The van der Waals surface area contributed by atoms with Crippen LogP contribution in [-0.2, 0) is 4.79 Å². The minimum absolute atomic E-state index is 0.320. The van der Waals surface area contributed by atoms with Crippen LogP contribution in [0.15, 0.2) is 64.7 Å². The molecule has 4 aromatic heterocycles. The van der Waals surface area contributed by atoms with E-state index in [0.717, 1.165) is 5.52 Å². The summed E-state index contributed by atoms with van der Waals surface area (Å²) in [7, 11) is 0. The highest BCUT2D eigenvalue weighted by atomic mass is 32.1. The van der Waals surface area contributed by atoms with E-state index in [1.54, 1.807) is 37.6 Å². The Kier molecular flexibility index (Phi) is 4.29. The quantitative estimate of drug-likeness (QED) is 0.329. The van der Waals surface area contributed by atoms with Crippen molar-refractivity contribution in [3.8, 4) is 16.6 Å². The third-order valence-corrected chi connectivity index (χ3v) is 5.38. The molecule has 5 rings (SSSR count). The molecule has 0 saturated carbocycles. The van der Waals surface area contributed by atoms with E-state index in [-0.39, 0.29) is 0 Å². The van der Waals surface area contributed by atoms with Gasteiger partial charge in [-0.15, -0.1) is 11.3 Å². The number of nitrogens with one attached hydrogen (secondary N) is 2. The zero-order valence-electron chi connectivity index (χ0n) is 15.7. The van der Waals surface area contributed by atoms with Crippen LogP contribution in [0.3, 0.4) is 0 Å². The first-order chi connectivity index (χ1) is 14.6. The molecule has 0 radical (unpaired) electrons. The van der Waals surface area contributed by atoms with Crippen molar-refractivity contribution in [1.29, 1.82) is 0 Å². The van der Waals surface area contributed by atoms with Crippen LogP contribution in [0.25, 0.3) is 27.5 Å². The number of benzene rings is 1. The molecular formula is C21H15N5O3S. The second-order valence-corrected chi connectivity index (χ2v) is 7.44. The lowest BCUT2D eigenvalue weighted by Gasteiger charge is -2.05. The molecule has 1 amide bonds. The Morgan fingerprint density at radius 3 is 2.90 bits per heavy atom. The van der Waals surface area contributed by atoms with Crippen LogP contribution >= 0.6 is 11.3 Å². The van der Waals surface area contributed by atoms with Crippen molar-refractivity contribution < 1.29 is 14.0 Å². The Balaban J connectivity index is 1.43. The number of nitrogens with zero attached hydrogens (tertiary/aromatic N) is 3. The maximum atomic E-state index is 12.8. The van der Waals surface area contributed by atoms with E-state index in [4.69, 9.17) is 4.42 Å². The van der Waals surface area contributed by atoms with Gasteiger partial charge in [-0.3, -0.25) is 9.59 Å². The normalized spacial score (nSPS) is 11.1. The monoisotopic (exact) mass is 417 g/mol. The Morgan fingerprint density at radius 2 is 2.07 bits per heavy atom. The van der Waals surface area contributed by atoms with Crippen LogP contribution in [0.1, 0.15) is 16.1 Å². The van der Waals surface area contributed by atoms with Gasteiger partial charge in [-0.1, -0.05) is 18.2 Å². The number of rotatable bonds is 5. The zero-order valence-corrected chi connectivity index (χ0v) is 16.6. The second kappa shape index (κ2) is 7.12. The molecule has 30 heavy (non-hydrogen) atoms. The number of amides is 1. The summed E-state index contributed by atoms with van der Waals surface area (Å²) in [5, 5.41) is 10.2. The number of Topliss-reactive ketones (excluding diaryl/α,β-unsaturated/α-hetero) is 1. The second-order valence-electron chi connectivity index (χ2n) is 6.61. The summed E-state index contributed by atoms with van der Waals surface area (Å²) in [6, 6.07) is 12.6. The van der Waals surface area contributed by atoms with Gasteiger partial charge in [0, 0.05) is 28.5 Å². The van der Waals surface area contributed by atoms with Crippen molar-refractivity contribution in [2.45, 2.75) is 6.92 Å². The molecule has 0 aliphatic carbocycles. The molecule has 0 fully saturated rings. The van der Waals surface area contributed by atoms with Crippen molar-refractivity contribution >= 4 is 39.7 Å². The number of aromatic nitrogens is 4. The molecule has 5 aromatic rings. The van der Waals surface area contributed by atoms with E-state index in [1.165, 1.54) is 16.0 Å². The number of anilines is 1. The van der Waals surface area contributed by atoms with Crippen LogP contribution in [0.4, 0.5) is 5.82 Å². The predicted octanol–water partition coefficient (Wildman–Crippen LogP) is 4.20. The van der Waals surface area contributed by atoms with E-state index in [1.807, 2.05) is 29.6 Å². The average Bonchev–Trinajstić information content (AvgIpc) is 3.52. The van der Waals surface area contributed by atoms with E-state index >= 15 is 0 Å². The Bertz CT molecular complexity index is 1380. The molecule has 1 aromatic carbocycles. The molecule has 0 aliphatic heterocycles. The van der Waals surface area contributed by atoms with Gasteiger partial charge in [-0.05, 0) is 25.1 Å². The number of para-hydroxylation sites is 1. The van der Waals surface area contributed by atoms with Gasteiger partial charge in [0.25, 0.3) is 11.7 Å². The number of thiazole rings is 1. The molecule has 0 aliphatic rings. The number of hydrogen-bond donors (Lipinski definition) is 2. The fourth-order valence-corrected chi connectivity index (χ4v) is 3.96. The van der Waals surface area contributed by atoms with Crippen molar-refractivity contribution in [2.24, 2.45) is 0 Å². The molecule has 148 valence electrons. The van der Waals surface area contributed by atoms with Gasteiger partial charge in [0.2, 0.25) is 5.13 Å². The number of aryl methyl sites for hydroxylation is 1. The predicted molar refractivity (Wildman–Crippen MR) is 113 cm³/mol. The summed E-state index contributed by atoms with van der Waals surface area (Å²) in [5.74, 6) is -0.371. The van der Waals surface area contributed by atoms with Gasteiger partial charge < -0.3 is 14.7 Å². The van der Waals surface area contributed by atoms with Crippen LogP contribution in [0.2, 0.25) is 0 Å². The summed E-state index contributed by atoms with van der Waals surface area (Å²) in [6.07, 6.45) is 3.12. The number of ketones is 1. The first-order valence-corrected chi connectivity index (χ1v) is 9.96. The Morgan fingerprint density at radius 1 is 1.20 bits per heavy atom. The number of aromatic amines is 1. The Labute approximate surface area is 174 Å². The first kappa shape index (κ1) is 18.1. The molecule has 4 heterocycles. The van der Waals surface area contributed by atoms with Crippen molar-refractivity contribution in [3.05, 3.63) is 71.6 Å². The highest BCUT2D eigenvalue weighted by molar-refractivity contribution is 7.12.